The van der Waals surface area contributed by atoms with Gasteiger partial charge in [-0.2, -0.15) is 0 Å². The van der Waals surface area contributed by atoms with E-state index in [4.69, 9.17) is 9.84 Å². The van der Waals surface area contributed by atoms with Crippen LogP contribution in [0.25, 0.3) is 0 Å². The van der Waals surface area contributed by atoms with Crippen molar-refractivity contribution in [3.05, 3.63) is 29.8 Å². The fourth-order valence-electron chi connectivity index (χ4n) is 1.64. The van der Waals surface area contributed by atoms with E-state index in [9.17, 15) is 0 Å². The molecule has 0 aliphatic rings. The van der Waals surface area contributed by atoms with Crippen molar-refractivity contribution in [2.45, 2.75) is 25.7 Å². The first-order valence-corrected chi connectivity index (χ1v) is 5.06. The van der Waals surface area contributed by atoms with Crippen molar-refractivity contribution in [2.75, 3.05) is 13.7 Å². The molecule has 0 aliphatic carbocycles. The molecule has 1 N–H and O–H groups in total. The van der Waals surface area contributed by atoms with Crippen molar-refractivity contribution in [3.8, 4) is 5.75 Å². The van der Waals surface area contributed by atoms with Gasteiger partial charge >= 0.3 is 0 Å². The van der Waals surface area contributed by atoms with E-state index in [1.807, 2.05) is 12.1 Å². The normalized spacial score (nSPS) is 12.5. The zero-order valence-corrected chi connectivity index (χ0v) is 8.86. The predicted octanol–water partition coefficient (Wildman–Crippen LogP) is 2.57. The number of aliphatic hydroxyl groups is 1. The van der Waals surface area contributed by atoms with Gasteiger partial charge in [0.15, 0.2) is 0 Å². The smallest absolute Gasteiger partial charge is 0.118 e. The quantitative estimate of drug-likeness (QED) is 0.780. The molecule has 0 radical (unpaired) electrons. The summed E-state index contributed by atoms with van der Waals surface area (Å²) in [5.74, 6) is 1.35. The Bertz CT molecular complexity index is 254. The van der Waals surface area contributed by atoms with Crippen LogP contribution in [0, 0.1) is 0 Å². The first-order chi connectivity index (χ1) is 6.81. The molecule has 0 aromatic heterocycles. The summed E-state index contributed by atoms with van der Waals surface area (Å²) in [5, 5.41) is 8.91. The predicted molar refractivity (Wildman–Crippen MR) is 57.7 cm³/mol. The highest BCUT2D eigenvalue weighted by atomic mass is 16.5. The molecule has 0 unspecified atom stereocenters. The molecule has 0 aliphatic heterocycles. The van der Waals surface area contributed by atoms with Gasteiger partial charge < -0.3 is 9.84 Å². The first-order valence-electron chi connectivity index (χ1n) is 5.06. The summed E-state index contributed by atoms with van der Waals surface area (Å²) in [4.78, 5) is 0. The van der Waals surface area contributed by atoms with Crippen LogP contribution in [0.3, 0.4) is 0 Å². The van der Waals surface area contributed by atoms with Gasteiger partial charge in [0.05, 0.1) is 7.11 Å². The lowest BCUT2D eigenvalue weighted by Crippen LogP contribution is -2.00. The van der Waals surface area contributed by atoms with Gasteiger partial charge in [0.1, 0.15) is 5.75 Å². The molecule has 0 heterocycles. The Morgan fingerprint density at radius 3 is 2.36 bits per heavy atom. The van der Waals surface area contributed by atoms with Crippen LogP contribution in [-0.2, 0) is 0 Å². The Kier molecular flexibility index (Phi) is 4.47. The van der Waals surface area contributed by atoms with Gasteiger partial charge in [-0.05, 0) is 36.5 Å². The highest BCUT2D eigenvalue weighted by molar-refractivity contribution is 5.29. The summed E-state index contributed by atoms with van der Waals surface area (Å²) in [6, 6.07) is 8.08. The fraction of sp³-hybridized carbons (Fsp3) is 0.500. The number of aliphatic hydroxyl groups excluding tert-OH is 1. The molecule has 0 saturated heterocycles. The van der Waals surface area contributed by atoms with Crippen LogP contribution in [0.4, 0.5) is 0 Å². The Morgan fingerprint density at radius 1 is 1.29 bits per heavy atom. The number of methoxy groups -OCH3 is 1. The molecule has 2 nitrogen and oxygen atoms in total. The van der Waals surface area contributed by atoms with E-state index in [0.717, 1.165) is 18.6 Å². The number of benzene rings is 1. The second-order valence-electron chi connectivity index (χ2n) is 3.39. The zero-order valence-electron chi connectivity index (χ0n) is 8.86. The van der Waals surface area contributed by atoms with Crippen LogP contribution < -0.4 is 4.74 Å². The molecule has 1 aromatic carbocycles. The van der Waals surface area contributed by atoms with Crippen LogP contribution >= 0.6 is 0 Å². The molecule has 0 bridgehead atoms. The standard InChI is InChI=1S/C12H18O2/c1-3-10(8-9-13)11-4-6-12(14-2)7-5-11/h4-7,10,13H,3,8-9H2,1-2H3/t10-/m1/s1. The van der Waals surface area contributed by atoms with E-state index in [1.165, 1.54) is 5.56 Å². The van der Waals surface area contributed by atoms with Crippen molar-refractivity contribution in [1.29, 1.82) is 0 Å². The summed E-state index contributed by atoms with van der Waals surface area (Å²) < 4.78 is 5.09. The maximum atomic E-state index is 8.91. The second-order valence-corrected chi connectivity index (χ2v) is 3.39. The maximum absolute atomic E-state index is 8.91. The Balaban J connectivity index is 2.73. The van der Waals surface area contributed by atoms with Crippen molar-refractivity contribution >= 4 is 0 Å². The number of rotatable bonds is 5. The Hall–Kier alpha value is -1.02. The van der Waals surface area contributed by atoms with E-state index in [1.54, 1.807) is 7.11 Å². The van der Waals surface area contributed by atoms with Crippen LogP contribution in [0.1, 0.15) is 31.2 Å². The first kappa shape index (κ1) is 11.1. The highest BCUT2D eigenvalue weighted by Gasteiger charge is 2.07. The lowest BCUT2D eigenvalue weighted by Gasteiger charge is -2.13. The second kappa shape index (κ2) is 5.66. The van der Waals surface area contributed by atoms with Crippen LogP contribution in [0.15, 0.2) is 24.3 Å². The topological polar surface area (TPSA) is 29.5 Å². The zero-order chi connectivity index (χ0) is 10.4. The fourth-order valence-corrected chi connectivity index (χ4v) is 1.64. The number of hydrogen-bond donors (Lipinski definition) is 1. The van der Waals surface area contributed by atoms with Crippen LogP contribution in [0.5, 0.6) is 5.75 Å². The van der Waals surface area contributed by atoms with Crippen LogP contribution in [0.2, 0.25) is 0 Å². The molecule has 2 heteroatoms. The van der Waals surface area contributed by atoms with E-state index in [2.05, 4.69) is 19.1 Å². The van der Waals surface area contributed by atoms with Gasteiger partial charge in [-0.15, -0.1) is 0 Å². The molecule has 1 aromatic rings. The minimum Gasteiger partial charge on any atom is -0.497 e. The average Bonchev–Trinajstić information content (AvgIpc) is 2.26. The van der Waals surface area contributed by atoms with E-state index < -0.39 is 0 Å². The van der Waals surface area contributed by atoms with Crippen molar-refractivity contribution < 1.29 is 9.84 Å². The third kappa shape index (κ3) is 2.74. The van der Waals surface area contributed by atoms with Gasteiger partial charge in [0.2, 0.25) is 0 Å². The summed E-state index contributed by atoms with van der Waals surface area (Å²) in [7, 11) is 1.67. The molecule has 78 valence electrons. The lowest BCUT2D eigenvalue weighted by atomic mass is 9.94. The van der Waals surface area contributed by atoms with Gasteiger partial charge in [0, 0.05) is 6.61 Å². The molecule has 0 amide bonds. The summed E-state index contributed by atoms with van der Waals surface area (Å²) in [6.45, 7) is 2.40. The van der Waals surface area contributed by atoms with Gasteiger partial charge in [-0.3, -0.25) is 0 Å². The molecule has 0 saturated carbocycles. The average molecular weight is 194 g/mol. The monoisotopic (exact) mass is 194 g/mol. The Morgan fingerprint density at radius 2 is 1.93 bits per heavy atom. The molecule has 0 spiro atoms. The van der Waals surface area contributed by atoms with Gasteiger partial charge in [-0.1, -0.05) is 19.1 Å². The number of hydrogen-bond acceptors (Lipinski definition) is 2. The molecular formula is C12H18O2. The minimum absolute atomic E-state index is 0.254. The van der Waals surface area contributed by atoms with E-state index >= 15 is 0 Å². The Labute approximate surface area is 85.5 Å². The van der Waals surface area contributed by atoms with Crippen molar-refractivity contribution in [2.24, 2.45) is 0 Å². The molecule has 1 atom stereocenters. The van der Waals surface area contributed by atoms with E-state index in [0.29, 0.717) is 5.92 Å². The minimum atomic E-state index is 0.254. The third-order valence-corrected chi connectivity index (χ3v) is 2.56. The summed E-state index contributed by atoms with van der Waals surface area (Å²) >= 11 is 0. The summed E-state index contributed by atoms with van der Waals surface area (Å²) in [5.41, 5.74) is 1.28. The van der Waals surface area contributed by atoms with Crippen molar-refractivity contribution in [3.63, 3.8) is 0 Å². The summed E-state index contributed by atoms with van der Waals surface area (Å²) in [6.07, 6.45) is 1.90. The molecule has 1 rings (SSSR count). The lowest BCUT2D eigenvalue weighted by molar-refractivity contribution is 0.274. The highest BCUT2D eigenvalue weighted by Crippen LogP contribution is 2.24. The van der Waals surface area contributed by atoms with E-state index in [-0.39, 0.29) is 6.61 Å². The largest absolute Gasteiger partial charge is 0.497 e. The third-order valence-electron chi connectivity index (χ3n) is 2.56. The van der Waals surface area contributed by atoms with Gasteiger partial charge in [-0.25, -0.2) is 0 Å². The molecule has 14 heavy (non-hydrogen) atoms. The maximum Gasteiger partial charge on any atom is 0.118 e. The van der Waals surface area contributed by atoms with Gasteiger partial charge in [0.25, 0.3) is 0 Å². The molecular weight excluding hydrogens is 176 g/mol. The SMILES string of the molecule is CC[C@H](CCO)c1ccc(OC)cc1. The molecule has 0 fully saturated rings. The van der Waals surface area contributed by atoms with Crippen molar-refractivity contribution in [1.82, 2.24) is 0 Å². The number of ether oxygens (including phenoxy) is 1. The van der Waals surface area contributed by atoms with Crippen LogP contribution in [-0.4, -0.2) is 18.8 Å².